The van der Waals surface area contributed by atoms with Crippen LogP contribution in [0.15, 0.2) is 47.6 Å². The van der Waals surface area contributed by atoms with E-state index in [4.69, 9.17) is 5.73 Å². The Kier molecular flexibility index (Phi) is 3.99. The molecule has 0 saturated carbocycles. The van der Waals surface area contributed by atoms with Crippen molar-refractivity contribution in [2.24, 2.45) is 5.73 Å². The van der Waals surface area contributed by atoms with Crippen molar-refractivity contribution in [1.29, 1.82) is 0 Å². The van der Waals surface area contributed by atoms with Gasteiger partial charge in [-0.1, -0.05) is 47.2 Å². The van der Waals surface area contributed by atoms with E-state index in [-0.39, 0.29) is 0 Å². The highest BCUT2D eigenvalue weighted by atomic mass is 32.2. The maximum absolute atomic E-state index is 5.90. The summed E-state index contributed by atoms with van der Waals surface area (Å²) >= 11 is 1.76. The molecule has 108 valence electrons. The van der Waals surface area contributed by atoms with E-state index in [1.54, 1.807) is 11.8 Å². The number of benzene rings is 1. The lowest BCUT2D eigenvalue weighted by atomic mass is 10.1. The lowest BCUT2D eigenvalue weighted by Crippen LogP contribution is -2.01. The second kappa shape index (κ2) is 5.92. The van der Waals surface area contributed by atoms with E-state index >= 15 is 0 Å². The molecule has 21 heavy (non-hydrogen) atoms. The average Bonchev–Trinajstić information content (AvgIpc) is 2.81. The van der Waals surface area contributed by atoms with E-state index in [0.717, 1.165) is 22.1 Å². The Hall–Kier alpha value is -1.78. The molecule has 0 saturated heterocycles. The Labute approximate surface area is 129 Å². The molecule has 3 nitrogen and oxygen atoms in total. The van der Waals surface area contributed by atoms with Crippen molar-refractivity contribution < 1.29 is 0 Å². The van der Waals surface area contributed by atoms with Crippen molar-refractivity contribution >= 4 is 17.4 Å². The van der Waals surface area contributed by atoms with Crippen molar-refractivity contribution in [2.45, 2.75) is 31.2 Å². The Balaban J connectivity index is 1.88. The zero-order chi connectivity index (χ0) is 14.8. The fraction of sp³-hybridized carbons (Fsp3) is 0.235. The van der Waals surface area contributed by atoms with E-state index in [9.17, 15) is 0 Å². The molecule has 1 aromatic carbocycles. The van der Waals surface area contributed by atoms with Gasteiger partial charge in [-0.25, -0.2) is 4.98 Å². The summed E-state index contributed by atoms with van der Waals surface area (Å²) in [5.41, 5.74) is 11.9. The van der Waals surface area contributed by atoms with Gasteiger partial charge in [0.15, 0.2) is 0 Å². The normalized spacial score (nSPS) is 11.2. The number of fused-ring (bicyclic) bond motifs is 1. The quantitative estimate of drug-likeness (QED) is 0.747. The Morgan fingerprint density at radius 1 is 1.14 bits per heavy atom. The topological polar surface area (TPSA) is 43.3 Å². The molecule has 4 heteroatoms. The molecule has 0 bridgehead atoms. The molecule has 0 unspecified atom stereocenters. The number of imidazole rings is 1. The summed E-state index contributed by atoms with van der Waals surface area (Å²) in [5.74, 6) is 0.916. The lowest BCUT2D eigenvalue weighted by molar-refractivity contribution is 0.921. The van der Waals surface area contributed by atoms with Crippen LogP contribution in [0.25, 0.3) is 5.65 Å². The predicted molar refractivity (Wildman–Crippen MR) is 88.6 cm³/mol. The van der Waals surface area contributed by atoms with Gasteiger partial charge in [-0.15, -0.1) is 0 Å². The summed E-state index contributed by atoms with van der Waals surface area (Å²) in [7, 11) is 0. The molecular weight excluding hydrogens is 278 g/mol. The van der Waals surface area contributed by atoms with Gasteiger partial charge in [0, 0.05) is 18.5 Å². The zero-order valence-electron chi connectivity index (χ0n) is 12.3. The number of hydrogen-bond donors (Lipinski definition) is 1. The molecule has 3 rings (SSSR count). The van der Waals surface area contributed by atoms with Crippen LogP contribution in [0.1, 0.15) is 22.4 Å². The van der Waals surface area contributed by atoms with Crippen LogP contribution < -0.4 is 5.73 Å². The number of thioether (sulfide) groups is 1. The number of hydrogen-bond acceptors (Lipinski definition) is 3. The second-order valence-electron chi connectivity index (χ2n) is 5.28. The van der Waals surface area contributed by atoms with Crippen molar-refractivity contribution in [1.82, 2.24) is 9.38 Å². The third kappa shape index (κ3) is 2.96. The van der Waals surface area contributed by atoms with Gasteiger partial charge in [0.1, 0.15) is 10.7 Å². The van der Waals surface area contributed by atoms with Gasteiger partial charge in [-0.2, -0.15) is 0 Å². The van der Waals surface area contributed by atoms with Gasteiger partial charge in [-0.05, 0) is 31.5 Å². The molecule has 0 aliphatic heterocycles. The molecule has 0 amide bonds. The van der Waals surface area contributed by atoms with Crippen molar-refractivity contribution in [2.75, 3.05) is 0 Å². The molecule has 0 spiro atoms. The first-order valence-electron chi connectivity index (χ1n) is 7.03. The number of nitrogens with two attached hydrogens (primary N) is 1. The third-order valence-corrected chi connectivity index (χ3v) is 4.52. The van der Waals surface area contributed by atoms with Crippen LogP contribution in [0.2, 0.25) is 0 Å². The van der Waals surface area contributed by atoms with Crippen LogP contribution in [0.4, 0.5) is 0 Å². The molecule has 0 aliphatic rings. The van der Waals surface area contributed by atoms with Gasteiger partial charge in [0.2, 0.25) is 0 Å². The second-order valence-corrected chi connectivity index (χ2v) is 6.25. The molecule has 2 N–H and O–H groups in total. The minimum atomic E-state index is 0.500. The monoisotopic (exact) mass is 297 g/mol. The maximum Gasteiger partial charge on any atom is 0.138 e. The number of nitrogens with zero attached hydrogens (tertiary/aromatic N) is 2. The summed E-state index contributed by atoms with van der Waals surface area (Å²) in [6.07, 6.45) is 2.02. The molecule has 3 aromatic rings. The minimum absolute atomic E-state index is 0.500. The minimum Gasteiger partial charge on any atom is -0.325 e. The van der Waals surface area contributed by atoms with Crippen LogP contribution in [-0.4, -0.2) is 9.38 Å². The molecule has 0 fully saturated rings. The van der Waals surface area contributed by atoms with E-state index < -0.39 is 0 Å². The van der Waals surface area contributed by atoms with E-state index in [0.29, 0.717) is 6.54 Å². The van der Waals surface area contributed by atoms with E-state index in [1.807, 2.05) is 24.4 Å². The van der Waals surface area contributed by atoms with Gasteiger partial charge in [0.25, 0.3) is 0 Å². The van der Waals surface area contributed by atoms with Crippen LogP contribution in [-0.2, 0) is 12.3 Å². The molecule has 2 aromatic heterocycles. The van der Waals surface area contributed by atoms with E-state index in [2.05, 4.69) is 41.4 Å². The maximum atomic E-state index is 5.90. The van der Waals surface area contributed by atoms with Gasteiger partial charge >= 0.3 is 0 Å². The lowest BCUT2D eigenvalue weighted by Gasteiger charge is -2.05. The standard InChI is InChI=1S/C17H19N3S/c1-12-7-13(2)9-14(8-12)11-21-17-15(10-18)20-6-4-3-5-16(20)19-17/h3-9H,10-11,18H2,1-2H3. The van der Waals surface area contributed by atoms with Crippen LogP contribution in [0.5, 0.6) is 0 Å². The Morgan fingerprint density at radius 3 is 2.62 bits per heavy atom. The van der Waals surface area contributed by atoms with Gasteiger partial charge in [0.05, 0.1) is 5.69 Å². The number of aromatic nitrogens is 2. The predicted octanol–water partition coefficient (Wildman–Crippen LogP) is 3.70. The summed E-state index contributed by atoms with van der Waals surface area (Å²) in [6, 6.07) is 12.7. The van der Waals surface area contributed by atoms with Gasteiger partial charge in [-0.3, -0.25) is 0 Å². The van der Waals surface area contributed by atoms with E-state index in [1.165, 1.54) is 16.7 Å². The van der Waals surface area contributed by atoms with Crippen molar-refractivity contribution in [3.63, 3.8) is 0 Å². The fourth-order valence-corrected chi connectivity index (χ4v) is 3.61. The van der Waals surface area contributed by atoms with Crippen molar-refractivity contribution in [3.05, 3.63) is 65.0 Å². The van der Waals surface area contributed by atoms with Gasteiger partial charge < -0.3 is 10.1 Å². The highest BCUT2D eigenvalue weighted by Gasteiger charge is 2.11. The number of rotatable bonds is 4. The average molecular weight is 297 g/mol. The molecule has 0 aliphatic carbocycles. The molecule has 0 radical (unpaired) electrons. The largest absolute Gasteiger partial charge is 0.325 e. The highest BCUT2D eigenvalue weighted by Crippen LogP contribution is 2.27. The first kappa shape index (κ1) is 14.2. The Morgan fingerprint density at radius 2 is 1.90 bits per heavy atom. The van der Waals surface area contributed by atoms with Crippen LogP contribution in [0.3, 0.4) is 0 Å². The third-order valence-electron chi connectivity index (χ3n) is 3.44. The summed E-state index contributed by atoms with van der Waals surface area (Å²) in [6.45, 7) is 4.77. The number of pyridine rings is 1. The molecule has 0 atom stereocenters. The zero-order valence-corrected chi connectivity index (χ0v) is 13.2. The summed E-state index contributed by atoms with van der Waals surface area (Å²) < 4.78 is 2.07. The first-order chi connectivity index (χ1) is 10.2. The Bertz CT molecular complexity index is 757. The summed E-state index contributed by atoms with van der Waals surface area (Å²) in [5, 5.41) is 1.03. The molecular formula is C17H19N3S. The fourth-order valence-electron chi connectivity index (χ4n) is 2.63. The SMILES string of the molecule is Cc1cc(C)cc(CSc2nc3ccccn3c2CN)c1. The molecule has 2 heterocycles. The van der Waals surface area contributed by atoms with Crippen LogP contribution >= 0.6 is 11.8 Å². The van der Waals surface area contributed by atoms with Crippen LogP contribution in [0, 0.1) is 13.8 Å². The smallest absolute Gasteiger partial charge is 0.138 e. The summed E-state index contributed by atoms with van der Waals surface area (Å²) in [4.78, 5) is 4.69. The highest BCUT2D eigenvalue weighted by molar-refractivity contribution is 7.98. The number of aryl methyl sites for hydroxylation is 2. The first-order valence-corrected chi connectivity index (χ1v) is 8.02. The van der Waals surface area contributed by atoms with Crippen molar-refractivity contribution in [3.8, 4) is 0 Å².